The van der Waals surface area contributed by atoms with E-state index in [9.17, 15) is 0 Å². The molecular formula is C11H22N4O. The Kier molecular flexibility index (Phi) is 4.01. The monoisotopic (exact) mass is 226 g/mol. The number of hydrogen-bond donors (Lipinski definition) is 2. The molecule has 2 rings (SSSR count). The second-order valence-corrected chi connectivity index (χ2v) is 4.63. The maximum Gasteiger partial charge on any atom is 0.191 e. The van der Waals surface area contributed by atoms with Crippen molar-refractivity contribution in [3.8, 4) is 0 Å². The number of morpholine rings is 1. The third kappa shape index (κ3) is 3.64. The summed E-state index contributed by atoms with van der Waals surface area (Å²) in [6.45, 7) is 3.69. The number of guanidine groups is 1. The maximum atomic E-state index is 5.68. The van der Waals surface area contributed by atoms with Gasteiger partial charge in [0.15, 0.2) is 5.96 Å². The quantitative estimate of drug-likeness (QED) is 0.510. The molecule has 2 N–H and O–H groups in total. The van der Waals surface area contributed by atoms with E-state index in [1.54, 1.807) is 0 Å². The maximum absolute atomic E-state index is 5.68. The lowest BCUT2D eigenvalue weighted by Crippen LogP contribution is -2.48. The third-order valence-corrected chi connectivity index (χ3v) is 2.98. The van der Waals surface area contributed by atoms with Gasteiger partial charge in [-0.05, 0) is 19.9 Å². The first-order valence-electron chi connectivity index (χ1n) is 6.05. The van der Waals surface area contributed by atoms with Crippen LogP contribution in [0.1, 0.15) is 12.8 Å². The highest BCUT2D eigenvalue weighted by Gasteiger charge is 2.23. The van der Waals surface area contributed by atoms with Crippen LogP contribution in [-0.4, -0.2) is 63.3 Å². The first-order chi connectivity index (χ1) is 7.78. The van der Waals surface area contributed by atoms with Gasteiger partial charge in [-0.1, -0.05) is 0 Å². The number of ether oxygens (including phenoxy) is 1. The Morgan fingerprint density at radius 2 is 2.31 bits per heavy atom. The van der Waals surface area contributed by atoms with Gasteiger partial charge in [0.1, 0.15) is 0 Å². The van der Waals surface area contributed by atoms with Crippen LogP contribution in [0.15, 0.2) is 4.99 Å². The summed E-state index contributed by atoms with van der Waals surface area (Å²) in [4.78, 5) is 6.50. The molecule has 2 aliphatic rings. The van der Waals surface area contributed by atoms with Gasteiger partial charge in [-0.2, -0.15) is 0 Å². The molecule has 1 aliphatic heterocycles. The highest BCUT2D eigenvalue weighted by Crippen LogP contribution is 2.18. The molecule has 0 radical (unpaired) electrons. The van der Waals surface area contributed by atoms with Gasteiger partial charge < -0.3 is 20.3 Å². The van der Waals surface area contributed by atoms with Gasteiger partial charge in [-0.25, -0.2) is 0 Å². The molecule has 1 atom stereocenters. The molecule has 2 fully saturated rings. The molecule has 0 bridgehead atoms. The van der Waals surface area contributed by atoms with Crippen molar-refractivity contribution in [2.75, 3.05) is 40.3 Å². The molecule has 1 saturated carbocycles. The van der Waals surface area contributed by atoms with Gasteiger partial charge in [0.05, 0.1) is 12.7 Å². The van der Waals surface area contributed by atoms with Gasteiger partial charge in [0, 0.05) is 32.7 Å². The van der Waals surface area contributed by atoms with E-state index in [1.807, 2.05) is 7.05 Å². The minimum Gasteiger partial charge on any atom is -0.374 e. The number of aliphatic imine (C=N–C) groups is 1. The van der Waals surface area contributed by atoms with Crippen LogP contribution in [0.25, 0.3) is 0 Å². The molecule has 92 valence electrons. The lowest BCUT2D eigenvalue weighted by Gasteiger charge is -2.30. The Bertz CT molecular complexity index is 252. The van der Waals surface area contributed by atoms with Crippen molar-refractivity contribution >= 4 is 5.96 Å². The molecule has 1 unspecified atom stereocenters. The Hall–Kier alpha value is -0.810. The van der Waals surface area contributed by atoms with E-state index in [-0.39, 0.29) is 6.10 Å². The van der Waals surface area contributed by atoms with Gasteiger partial charge >= 0.3 is 0 Å². The fourth-order valence-corrected chi connectivity index (χ4v) is 1.82. The van der Waals surface area contributed by atoms with Gasteiger partial charge in [0.2, 0.25) is 0 Å². The van der Waals surface area contributed by atoms with E-state index in [4.69, 9.17) is 4.74 Å². The van der Waals surface area contributed by atoms with Gasteiger partial charge in [-0.3, -0.25) is 4.99 Å². The molecule has 5 nitrogen and oxygen atoms in total. The average molecular weight is 226 g/mol. The summed E-state index contributed by atoms with van der Waals surface area (Å²) in [7, 11) is 3.94. The third-order valence-electron chi connectivity index (χ3n) is 2.98. The zero-order valence-corrected chi connectivity index (χ0v) is 10.2. The first kappa shape index (κ1) is 11.7. The summed E-state index contributed by atoms with van der Waals surface area (Å²) < 4.78 is 5.68. The summed E-state index contributed by atoms with van der Waals surface area (Å²) in [5, 5.41) is 6.68. The summed E-state index contributed by atoms with van der Waals surface area (Å²) in [6, 6.07) is 0.640. The van der Waals surface area contributed by atoms with E-state index in [0.717, 1.165) is 32.2 Å². The van der Waals surface area contributed by atoms with Crippen LogP contribution in [0.4, 0.5) is 0 Å². The lowest BCUT2D eigenvalue weighted by molar-refractivity contribution is -0.0161. The van der Waals surface area contributed by atoms with Crippen LogP contribution in [0.3, 0.4) is 0 Å². The highest BCUT2D eigenvalue weighted by atomic mass is 16.5. The Labute approximate surface area is 97.2 Å². The van der Waals surface area contributed by atoms with Crippen molar-refractivity contribution < 1.29 is 4.74 Å². The first-order valence-corrected chi connectivity index (χ1v) is 6.05. The topological polar surface area (TPSA) is 48.9 Å². The van der Waals surface area contributed by atoms with E-state index < -0.39 is 0 Å². The molecule has 1 heterocycles. The average Bonchev–Trinajstić information content (AvgIpc) is 3.08. The summed E-state index contributed by atoms with van der Waals surface area (Å²) in [5.41, 5.74) is 0. The Balaban J connectivity index is 1.68. The largest absolute Gasteiger partial charge is 0.374 e. The minimum absolute atomic E-state index is 0.275. The van der Waals surface area contributed by atoms with E-state index >= 15 is 0 Å². The van der Waals surface area contributed by atoms with E-state index in [2.05, 4.69) is 27.6 Å². The summed E-state index contributed by atoms with van der Waals surface area (Å²) in [6.07, 6.45) is 2.81. The van der Waals surface area contributed by atoms with Crippen LogP contribution in [0, 0.1) is 0 Å². The Morgan fingerprint density at radius 1 is 1.50 bits per heavy atom. The predicted octanol–water partition coefficient (Wildman–Crippen LogP) is -0.356. The molecule has 5 heteroatoms. The molecule has 1 saturated heterocycles. The molecule has 0 amide bonds. The van der Waals surface area contributed by atoms with Crippen LogP contribution in [-0.2, 0) is 4.74 Å². The molecule has 0 aromatic heterocycles. The van der Waals surface area contributed by atoms with E-state index in [0.29, 0.717) is 6.04 Å². The fourth-order valence-electron chi connectivity index (χ4n) is 1.82. The van der Waals surface area contributed by atoms with Crippen LogP contribution in [0.2, 0.25) is 0 Å². The van der Waals surface area contributed by atoms with E-state index in [1.165, 1.54) is 12.8 Å². The fraction of sp³-hybridized carbons (Fsp3) is 0.909. The molecule has 0 aromatic carbocycles. The number of nitrogens with one attached hydrogen (secondary N) is 2. The summed E-state index contributed by atoms with van der Waals surface area (Å²) in [5.74, 6) is 0.902. The predicted molar refractivity (Wildman–Crippen MR) is 64.8 cm³/mol. The highest BCUT2D eigenvalue weighted by molar-refractivity contribution is 5.80. The lowest BCUT2D eigenvalue weighted by atomic mass is 10.3. The van der Waals surface area contributed by atoms with Gasteiger partial charge in [0.25, 0.3) is 0 Å². The number of rotatable bonds is 3. The standard InChI is InChI=1S/C11H22N4O/c1-12-11(14-9-3-4-9)13-7-10-8-15(2)5-6-16-10/h9-10H,3-8H2,1-2H3,(H2,12,13,14). The smallest absolute Gasteiger partial charge is 0.191 e. The molecule has 16 heavy (non-hydrogen) atoms. The normalized spacial score (nSPS) is 27.9. The second kappa shape index (κ2) is 5.50. The van der Waals surface area contributed by atoms with Crippen molar-refractivity contribution in [3.05, 3.63) is 0 Å². The number of likely N-dealkylation sites (N-methyl/N-ethyl adjacent to an activating group) is 1. The second-order valence-electron chi connectivity index (χ2n) is 4.63. The zero-order chi connectivity index (χ0) is 11.4. The number of nitrogens with zero attached hydrogens (tertiary/aromatic N) is 2. The van der Waals surface area contributed by atoms with Crippen molar-refractivity contribution in [2.45, 2.75) is 25.0 Å². The molecule has 0 aromatic rings. The van der Waals surface area contributed by atoms with Gasteiger partial charge in [-0.15, -0.1) is 0 Å². The van der Waals surface area contributed by atoms with Crippen LogP contribution < -0.4 is 10.6 Å². The Morgan fingerprint density at radius 3 is 2.94 bits per heavy atom. The van der Waals surface area contributed by atoms with Crippen molar-refractivity contribution in [1.82, 2.24) is 15.5 Å². The molecule has 1 aliphatic carbocycles. The van der Waals surface area contributed by atoms with Crippen LogP contribution in [0.5, 0.6) is 0 Å². The van der Waals surface area contributed by atoms with Crippen molar-refractivity contribution in [3.63, 3.8) is 0 Å². The van der Waals surface area contributed by atoms with Crippen LogP contribution >= 0.6 is 0 Å². The molecule has 0 spiro atoms. The van der Waals surface area contributed by atoms with Crippen molar-refractivity contribution in [1.29, 1.82) is 0 Å². The number of hydrogen-bond acceptors (Lipinski definition) is 3. The zero-order valence-electron chi connectivity index (χ0n) is 10.2. The van der Waals surface area contributed by atoms with Crippen molar-refractivity contribution in [2.24, 2.45) is 4.99 Å². The SMILES string of the molecule is CN=C(NCC1CN(C)CCO1)NC1CC1. The molecular weight excluding hydrogens is 204 g/mol. The minimum atomic E-state index is 0.275. The summed E-state index contributed by atoms with van der Waals surface area (Å²) >= 11 is 0.